The van der Waals surface area contributed by atoms with Crippen LogP contribution in [-0.2, 0) is 20.6 Å². The fraction of sp³-hybridized carbons (Fsp3) is 0.611. The fourth-order valence-electron chi connectivity index (χ4n) is 3.75. The van der Waals surface area contributed by atoms with Crippen molar-refractivity contribution in [3.8, 4) is 0 Å². The van der Waals surface area contributed by atoms with Crippen molar-refractivity contribution >= 4 is 15.9 Å². The molecule has 1 aromatic carbocycles. The van der Waals surface area contributed by atoms with E-state index in [0.717, 1.165) is 25.7 Å². The van der Waals surface area contributed by atoms with Crippen molar-refractivity contribution in [2.24, 2.45) is 0 Å². The van der Waals surface area contributed by atoms with Gasteiger partial charge >= 0.3 is 0 Å². The van der Waals surface area contributed by atoms with Crippen molar-refractivity contribution in [1.82, 2.24) is 9.62 Å². The van der Waals surface area contributed by atoms with Crippen LogP contribution in [-0.4, -0.2) is 37.3 Å². The van der Waals surface area contributed by atoms with Crippen molar-refractivity contribution in [1.29, 1.82) is 0 Å². The molecule has 2 fully saturated rings. The lowest BCUT2D eigenvalue weighted by Crippen LogP contribution is -2.49. The van der Waals surface area contributed by atoms with Gasteiger partial charge in [-0.2, -0.15) is 4.31 Å². The van der Waals surface area contributed by atoms with Crippen molar-refractivity contribution < 1.29 is 17.6 Å². The lowest BCUT2D eigenvalue weighted by molar-refractivity contribution is -0.125. The van der Waals surface area contributed by atoms with Crippen molar-refractivity contribution in [2.45, 2.75) is 62.8 Å². The van der Waals surface area contributed by atoms with Gasteiger partial charge in [-0.25, -0.2) is 12.8 Å². The van der Waals surface area contributed by atoms with Crippen LogP contribution in [0.15, 0.2) is 24.3 Å². The van der Waals surface area contributed by atoms with Crippen LogP contribution in [0.2, 0.25) is 0 Å². The second-order valence-electron chi connectivity index (χ2n) is 6.99. The zero-order valence-corrected chi connectivity index (χ0v) is 15.1. The Morgan fingerprint density at radius 1 is 1.08 bits per heavy atom. The Balaban J connectivity index is 1.66. The first kappa shape index (κ1) is 18.3. The molecule has 1 N–H and O–H groups in total. The number of hydrogen-bond acceptors (Lipinski definition) is 3. The molecule has 0 unspecified atom stereocenters. The smallest absolute Gasteiger partial charge is 0.238 e. The molecule has 1 aliphatic carbocycles. The van der Waals surface area contributed by atoms with Gasteiger partial charge in [-0.1, -0.05) is 31.4 Å². The number of benzene rings is 1. The monoisotopic (exact) mass is 368 g/mol. The summed E-state index contributed by atoms with van der Waals surface area (Å²) in [5.74, 6) is -0.778. The van der Waals surface area contributed by atoms with Gasteiger partial charge in [-0.3, -0.25) is 4.79 Å². The fourth-order valence-corrected chi connectivity index (χ4v) is 5.53. The minimum absolute atomic E-state index is 0.170. The van der Waals surface area contributed by atoms with Crippen LogP contribution >= 0.6 is 0 Å². The van der Waals surface area contributed by atoms with Crippen molar-refractivity contribution in [2.75, 3.05) is 6.54 Å². The number of hydrogen-bond donors (Lipinski definition) is 1. The Kier molecular flexibility index (Phi) is 5.74. The second-order valence-corrected chi connectivity index (χ2v) is 8.92. The topological polar surface area (TPSA) is 66.5 Å². The third kappa shape index (κ3) is 4.58. The molecule has 0 spiro atoms. The summed E-state index contributed by atoms with van der Waals surface area (Å²) < 4.78 is 39.8. The summed E-state index contributed by atoms with van der Waals surface area (Å²) in [5, 5.41) is 3.04. The third-order valence-corrected chi connectivity index (χ3v) is 6.93. The molecule has 7 heteroatoms. The zero-order valence-electron chi connectivity index (χ0n) is 14.3. The highest BCUT2D eigenvalue weighted by molar-refractivity contribution is 7.88. The maximum absolute atomic E-state index is 13.0. The van der Waals surface area contributed by atoms with Crippen LogP contribution in [0, 0.1) is 5.82 Å². The van der Waals surface area contributed by atoms with E-state index in [1.165, 1.54) is 35.0 Å². The van der Waals surface area contributed by atoms with Gasteiger partial charge in [-0.05, 0) is 43.4 Å². The number of sulfonamides is 1. The van der Waals surface area contributed by atoms with E-state index in [1.807, 2.05) is 0 Å². The Hall–Kier alpha value is -1.47. The quantitative estimate of drug-likeness (QED) is 0.869. The molecule has 1 aliphatic heterocycles. The Bertz CT molecular complexity index is 700. The van der Waals surface area contributed by atoms with Gasteiger partial charge in [0.2, 0.25) is 15.9 Å². The minimum atomic E-state index is -3.61. The number of amides is 1. The van der Waals surface area contributed by atoms with E-state index in [9.17, 15) is 17.6 Å². The molecule has 3 rings (SSSR count). The van der Waals surface area contributed by atoms with E-state index in [0.29, 0.717) is 24.9 Å². The second kappa shape index (κ2) is 7.83. The summed E-state index contributed by atoms with van der Waals surface area (Å²) >= 11 is 0. The molecule has 1 heterocycles. The molecular weight excluding hydrogens is 343 g/mol. The normalized spacial score (nSPS) is 22.8. The maximum Gasteiger partial charge on any atom is 0.238 e. The summed E-state index contributed by atoms with van der Waals surface area (Å²) in [5.41, 5.74) is 0.528. The van der Waals surface area contributed by atoms with Crippen LogP contribution in [0.3, 0.4) is 0 Å². The van der Waals surface area contributed by atoms with E-state index >= 15 is 0 Å². The SMILES string of the molecule is O=C(NC1CCCCC1)[C@@H]1CCCN1S(=O)(=O)Cc1ccc(F)cc1. The Labute approximate surface area is 148 Å². The van der Waals surface area contributed by atoms with Crippen LogP contribution in [0.5, 0.6) is 0 Å². The van der Waals surface area contributed by atoms with Gasteiger partial charge in [-0.15, -0.1) is 0 Å². The first-order valence-corrected chi connectivity index (χ1v) is 10.6. The van der Waals surface area contributed by atoms with E-state index in [1.54, 1.807) is 0 Å². The minimum Gasteiger partial charge on any atom is -0.352 e. The predicted molar refractivity (Wildman–Crippen MR) is 93.8 cm³/mol. The molecule has 1 saturated heterocycles. The lowest BCUT2D eigenvalue weighted by atomic mass is 9.95. The van der Waals surface area contributed by atoms with Gasteiger partial charge in [0.15, 0.2) is 0 Å². The Morgan fingerprint density at radius 3 is 2.44 bits per heavy atom. The molecule has 0 radical (unpaired) electrons. The largest absolute Gasteiger partial charge is 0.352 e. The number of carbonyl (C=O) groups excluding carboxylic acids is 1. The molecular formula is C18H25FN2O3S. The highest BCUT2D eigenvalue weighted by Gasteiger charge is 2.39. The molecule has 2 aliphatic rings. The molecule has 1 saturated carbocycles. The molecule has 1 aromatic rings. The molecule has 1 amide bonds. The van der Waals surface area contributed by atoms with E-state index < -0.39 is 21.9 Å². The van der Waals surface area contributed by atoms with Gasteiger partial charge in [0.1, 0.15) is 11.9 Å². The van der Waals surface area contributed by atoms with Crippen molar-refractivity contribution in [3.63, 3.8) is 0 Å². The van der Waals surface area contributed by atoms with Crippen LogP contribution < -0.4 is 5.32 Å². The highest BCUT2D eigenvalue weighted by atomic mass is 32.2. The molecule has 0 aromatic heterocycles. The summed E-state index contributed by atoms with van der Waals surface area (Å²) in [6.07, 6.45) is 6.62. The van der Waals surface area contributed by atoms with Crippen molar-refractivity contribution in [3.05, 3.63) is 35.6 Å². The van der Waals surface area contributed by atoms with E-state index in [-0.39, 0.29) is 17.7 Å². The number of nitrogens with one attached hydrogen (secondary N) is 1. The average molecular weight is 368 g/mol. The van der Waals surface area contributed by atoms with E-state index in [4.69, 9.17) is 0 Å². The zero-order chi connectivity index (χ0) is 17.9. The number of halogens is 1. The van der Waals surface area contributed by atoms with Crippen LogP contribution in [0.25, 0.3) is 0 Å². The van der Waals surface area contributed by atoms with E-state index in [2.05, 4.69) is 5.32 Å². The summed E-state index contributed by atoms with van der Waals surface area (Å²) in [6.45, 7) is 0.367. The van der Waals surface area contributed by atoms with Gasteiger partial charge < -0.3 is 5.32 Å². The highest BCUT2D eigenvalue weighted by Crippen LogP contribution is 2.25. The van der Waals surface area contributed by atoms with Gasteiger partial charge in [0, 0.05) is 12.6 Å². The van der Waals surface area contributed by atoms with Gasteiger partial charge in [0.25, 0.3) is 0 Å². The maximum atomic E-state index is 13.0. The standard InChI is InChI=1S/C18H25FN2O3S/c19-15-10-8-14(9-11-15)13-25(23,24)21-12-4-7-17(21)18(22)20-16-5-2-1-3-6-16/h8-11,16-17H,1-7,12-13H2,(H,20,22)/t17-/m0/s1. The third-order valence-electron chi connectivity index (χ3n) is 5.08. The lowest BCUT2D eigenvalue weighted by Gasteiger charge is -2.28. The first-order valence-electron chi connectivity index (χ1n) is 9.00. The number of rotatable bonds is 5. The molecule has 1 atom stereocenters. The Morgan fingerprint density at radius 2 is 1.76 bits per heavy atom. The summed E-state index contributed by atoms with van der Waals surface area (Å²) in [7, 11) is -3.61. The van der Waals surface area contributed by atoms with Crippen LogP contribution in [0.4, 0.5) is 4.39 Å². The predicted octanol–water partition coefficient (Wildman–Crippen LogP) is 2.57. The summed E-state index contributed by atoms with van der Waals surface area (Å²) in [6, 6.07) is 5.00. The summed E-state index contributed by atoms with van der Waals surface area (Å²) in [4.78, 5) is 12.6. The molecule has 0 bridgehead atoms. The number of nitrogens with zero attached hydrogens (tertiary/aromatic N) is 1. The molecule has 5 nitrogen and oxygen atoms in total. The first-order chi connectivity index (χ1) is 12.0. The van der Waals surface area contributed by atoms with Crippen LogP contribution in [0.1, 0.15) is 50.5 Å². The van der Waals surface area contributed by atoms with Gasteiger partial charge in [0.05, 0.1) is 5.75 Å². The molecule has 138 valence electrons. The average Bonchev–Trinajstić information content (AvgIpc) is 3.09. The number of carbonyl (C=O) groups is 1. The molecule has 25 heavy (non-hydrogen) atoms.